The second kappa shape index (κ2) is 9.24. The van der Waals surface area contributed by atoms with Crippen molar-refractivity contribution in [1.82, 2.24) is 19.7 Å². The average Bonchev–Trinajstić information content (AvgIpc) is 3.13. The third kappa shape index (κ3) is 4.25. The summed E-state index contributed by atoms with van der Waals surface area (Å²) in [4.78, 5) is 21.5. The summed E-state index contributed by atoms with van der Waals surface area (Å²) in [6.45, 7) is 0.467. The van der Waals surface area contributed by atoms with Gasteiger partial charge in [-0.25, -0.2) is 4.98 Å². The van der Waals surface area contributed by atoms with E-state index in [9.17, 15) is 14.8 Å². The first-order valence-electron chi connectivity index (χ1n) is 11.4. The van der Waals surface area contributed by atoms with Crippen LogP contribution >= 0.6 is 0 Å². The molecule has 0 saturated carbocycles. The fraction of sp³-hybridized carbons (Fsp3) is 0.250. The highest BCUT2D eigenvalue weighted by atomic mass is 16.4. The minimum Gasteiger partial charge on any atom is -0.423 e. The van der Waals surface area contributed by atoms with Crippen molar-refractivity contribution in [3.8, 4) is 5.95 Å². The van der Waals surface area contributed by atoms with Gasteiger partial charge in [0.15, 0.2) is 0 Å². The van der Waals surface area contributed by atoms with Crippen LogP contribution in [0.15, 0.2) is 48.7 Å². The molecule has 0 spiro atoms. The Hall–Kier alpha value is -3.76. The number of hydrogen-bond acceptors (Lipinski definition) is 7. The molecule has 0 bridgehead atoms. The molecule has 34 heavy (non-hydrogen) atoms. The molecule has 4 aromatic rings. The van der Waals surface area contributed by atoms with E-state index in [2.05, 4.69) is 10.4 Å². The number of benzene rings is 2. The lowest BCUT2D eigenvalue weighted by Crippen LogP contribution is -2.30. The van der Waals surface area contributed by atoms with Crippen molar-refractivity contribution in [2.45, 2.75) is 38.6 Å². The van der Waals surface area contributed by atoms with E-state index in [0.29, 0.717) is 34.4 Å². The number of nitrogens with zero attached hydrogens (tertiary/aromatic N) is 4. The number of carbonyl (C=O) groups excluding carboxylic acids is 1. The molecule has 1 amide bonds. The third-order valence-corrected chi connectivity index (χ3v) is 6.20. The van der Waals surface area contributed by atoms with E-state index < -0.39 is 13.0 Å². The van der Waals surface area contributed by atoms with Gasteiger partial charge in [-0.15, -0.1) is 0 Å². The van der Waals surface area contributed by atoms with Crippen LogP contribution in [0.1, 0.15) is 46.4 Å². The lowest BCUT2D eigenvalue weighted by molar-refractivity contribution is 0.100. The van der Waals surface area contributed by atoms with Crippen LogP contribution in [0.25, 0.3) is 16.9 Å². The molecule has 0 unspecified atom stereocenters. The van der Waals surface area contributed by atoms with Crippen LogP contribution in [-0.4, -0.2) is 42.8 Å². The molecule has 0 saturated heterocycles. The lowest BCUT2D eigenvalue weighted by atomic mass is 9.79. The number of primary amides is 1. The summed E-state index contributed by atoms with van der Waals surface area (Å²) < 4.78 is 1.64. The predicted octanol–water partition coefficient (Wildman–Crippen LogP) is 1.48. The maximum atomic E-state index is 11.8. The standard InChI is InChI=1S/C24H25BN6O3/c26-22(32)17-9-5-11-21-19(17)14-28-31(21)24-29-20-10-3-1-2-8-18(20)23(30-24)27-13-15-6-4-7-16(12-15)25(33)34/h4-7,9,11-12,14,33-34H,1-3,8,10,13H2,(H2,26,32)(H,27,29,30). The van der Waals surface area contributed by atoms with E-state index in [-0.39, 0.29) is 0 Å². The molecule has 5 N–H and O–H groups in total. The normalized spacial score (nSPS) is 13.4. The Labute approximate surface area is 196 Å². The minimum atomic E-state index is -1.51. The van der Waals surface area contributed by atoms with Crippen LogP contribution in [0.3, 0.4) is 0 Å². The number of nitrogens with two attached hydrogens (primary N) is 1. The molecule has 0 radical (unpaired) electrons. The fourth-order valence-electron chi connectivity index (χ4n) is 4.47. The van der Waals surface area contributed by atoms with Crippen LogP contribution in [0.2, 0.25) is 0 Å². The highest BCUT2D eigenvalue weighted by Crippen LogP contribution is 2.28. The fourth-order valence-corrected chi connectivity index (χ4v) is 4.47. The molecule has 2 aromatic carbocycles. The number of aryl methyl sites for hydroxylation is 1. The maximum Gasteiger partial charge on any atom is 0.488 e. The molecule has 1 aliphatic carbocycles. The minimum absolute atomic E-state index is 0.405. The van der Waals surface area contributed by atoms with Crippen LogP contribution in [0.4, 0.5) is 5.82 Å². The topological polar surface area (TPSA) is 139 Å². The Balaban J connectivity index is 1.55. The Morgan fingerprint density at radius 3 is 2.74 bits per heavy atom. The van der Waals surface area contributed by atoms with Gasteiger partial charge in [0.2, 0.25) is 5.91 Å². The van der Waals surface area contributed by atoms with Gasteiger partial charge in [-0.2, -0.15) is 14.8 Å². The highest BCUT2D eigenvalue weighted by molar-refractivity contribution is 6.58. The molecule has 9 nitrogen and oxygen atoms in total. The molecule has 2 heterocycles. The van der Waals surface area contributed by atoms with Crippen LogP contribution < -0.4 is 16.5 Å². The van der Waals surface area contributed by atoms with Gasteiger partial charge in [0.25, 0.3) is 5.95 Å². The van der Waals surface area contributed by atoms with Crippen LogP contribution in [0, 0.1) is 0 Å². The number of carbonyl (C=O) groups is 1. The molecule has 2 aromatic heterocycles. The lowest BCUT2D eigenvalue weighted by Gasteiger charge is -2.15. The number of nitrogens with one attached hydrogen (secondary N) is 1. The van der Waals surface area contributed by atoms with E-state index >= 15 is 0 Å². The van der Waals surface area contributed by atoms with Gasteiger partial charge in [-0.05, 0) is 48.8 Å². The Kier molecular flexibility index (Phi) is 6.00. The number of hydrogen-bond donors (Lipinski definition) is 4. The quantitative estimate of drug-likeness (QED) is 0.255. The molecule has 0 atom stereocenters. The second-order valence-electron chi connectivity index (χ2n) is 8.49. The third-order valence-electron chi connectivity index (χ3n) is 6.20. The van der Waals surface area contributed by atoms with Crippen molar-refractivity contribution in [1.29, 1.82) is 0 Å². The van der Waals surface area contributed by atoms with Gasteiger partial charge in [-0.3, -0.25) is 4.79 Å². The molecule has 0 fully saturated rings. The Morgan fingerprint density at radius 2 is 1.91 bits per heavy atom. The van der Waals surface area contributed by atoms with Crippen molar-refractivity contribution in [2.24, 2.45) is 5.73 Å². The smallest absolute Gasteiger partial charge is 0.423 e. The van der Waals surface area contributed by atoms with E-state index in [4.69, 9.17) is 15.7 Å². The van der Waals surface area contributed by atoms with Crippen molar-refractivity contribution < 1.29 is 14.8 Å². The molecular weight excluding hydrogens is 431 g/mol. The summed E-state index contributed by atoms with van der Waals surface area (Å²) in [6.07, 6.45) is 6.63. The first-order valence-corrected chi connectivity index (χ1v) is 11.4. The van der Waals surface area contributed by atoms with E-state index in [1.54, 1.807) is 41.2 Å². The molecule has 0 aliphatic heterocycles. The zero-order valence-electron chi connectivity index (χ0n) is 18.6. The van der Waals surface area contributed by atoms with Gasteiger partial charge in [0, 0.05) is 17.5 Å². The van der Waals surface area contributed by atoms with Crippen molar-refractivity contribution in [3.63, 3.8) is 0 Å². The van der Waals surface area contributed by atoms with Crippen LogP contribution in [0.5, 0.6) is 0 Å². The molecule has 1 aliphatic rings. The molecule has 10 heteroatoms. The summed E-state index contributed by atoms with van der Waals surface area (Å²) in [6, 6.07) is 12.5. The summed E-state index contributed by atoms with van der Waals surface area (Å²) in [5.41, 5.74) is 10.1. The van der Waals surface area contributed by atoms with E-state index in [1.165, 1.54) is 0 Å². The summed E-state index contributed by atoms with van der Waals surface area (Å²) in [5, 5.41) is 27.5. The number of amides is 1. The van der Waals surface area contributed by atoms with Crippen LogP contribution in [-0.2, 0) is 19.4 Å². The van der Waals surface area contributed by atoms with E-state index in [1.807, 2.05) is 12.1 Å². The van der Waals surface area contributed by atoms with Gasteiger partial charge in [0.05, 0.1) is 23.0 Å². The second-order valence-corrected chi connectivity index (χ2v) is 8.49. The monoisotopic (exact) mass is 456 g/mol. The van der Waals surface area contributed by atoms with Crippen molar-refractivity contribution >= 4 is 35.2 Å². The number of rotatable bonds is 6. The summed E-state index contributed by atoms with van der Waals surface area (Å²) in [5.74, 6) is 0.663. The molecular formula is C24H25BN6O3. The zero-order chi connectivity index (χ0) is 23.7. The molecule has 5 rings (SSSR count). The van der Waals surface area contributed by atoms with Crippen molar-refractivity contribution in [3.05, 3.63) is 71.0 Å². The largest absolute Gasteiger partial charge is 0.488 e. The summed E-state index contributed by atoms with van der Waals surface area (Å²) >= 11 is 0. The number of fused-ring (bicyclic) bond motifs is 2. The average molecular weight is 456 g/mol. The highest BCUT2D eigenvalue weighted by Gasteiger charge is 2.20. The Bertz CT molecular complexity index is 1370. The van der Waals surface area contributed by atoms with Gasteiger partial charge in [-0.1, -0.05) is 36.8 Å². The van der Waals surface area contributed by atoms with Gasteiger partial charge < -0.3 is 21.1 Å². The summed E-state index contributed by atoms with van der Waals surface area (Å²) in [7, 11) is -1.51. The number of anilines is 1. The van der Waals surface area contributed by atoms with Crippen molar-refractivity contribution in [2.75, 3.05) is 5.32 Å². The van der Waals surface area contributed by atoms with Gasteiger partial charge in [0.1, 0.15) is 5.82 Å². The zero-order valence-corrected chi connectivity index (χ0v) is 18.6. The first kappa shape index (κ1) is 22.1. The van der Waals surface area contributed by atoms with E-state index in [0.717, 1.165) is 54.7 Å². The Morgan fingerprint density at radius 1 is 1.09 bits per heavy atom. The number of aromatic nitrogens is 4. The maximum absolute atomic E-state index is 11.8. The molecule has 172 valence electrons. The van der Waals surface area contributed by atoms with Gasteiger partial charge >= 0.3 is 7.12 Å². The first-order chi connectivity index (χ1) is 16.5. The SMILES string of the molecule is NC(=O)c1cccc2c1cnn2-c1nc2c(c(NCc3cccc(B(O)O)c3)n1)CCCCC2. The predicted molar refractivity (Wildman–Crippen MR) is 130 cm³/mol.